The highest BCUT2D eigenvalue weighted by molar-refractivity contribution is 6.14. The molecule has 0 aliphatic rings. The number of phenolic OH excluding ortho intramolecular Hbond substituents is 1. The number of benzene rings is 2. The molecule has 8 heteroatoms. The molecule has 8 nitrogen and oxygen atoms in total. The van der Waals surface area contributed by atoms with Crippen molar-refractivity contribution < 1.29 is 39.2 Å². The van der Waals surface area contributed by atoms with E-state index in [-0.39, 0.29) is 34.1 Å². The van der Waals surface area contributed by atoms with Gasteiger partial charge in [0.25, 0.3) is 0 Å². The Labute approximate surface area is 142 Å². The van der Waals surface area contributed by atoms with Crippen LogP contribution in [-0.4, -0.2) is 46.9 Å². The van der Waals surface area contributed by atoms with Gasteiger partial charge < -0.3 is 24.8 Å². The number of rotatable bonds is 4. The van der Waals surface area contributed by atoms with Gasteiger partial charge >= 0.3 is 17.9 Å². The van der Waals surface area contributed by atoms with E-state index in [2.05, 4.69) is 4.74 Å². The molecule has 25 heavy (non-hydrogen) atoms. The summed E-state index contributed by atoms with van der Waals surface area (Å²) in [4.78, 5) is 35.4. The van der Waals surface area contributed by atoms with Gasteiger partial charge in [-0.25, -0.2) is 14.4 Å². The van der Waals surface area contributed by atoms with Crippen LogP contribution < -0.4 is 0 Å². The van der Waals surface area contributed by atoms with Gasteiger partial charge in [0.1, 0.15) is 17.1 Å². The number of aryl methyl sites for hydroxylation is 1. The molecule has 2 aromatic rings. The number of methoxy groups -OCH3 is 1. The highest BCUT2D eigenvalue weighted by Gasteiger charge is 2.29. The molecular weight excluding hydrogens is 332 g/mol. The second-order valence-corrected chi connectivity index (χ2v) is 5.16. The Kier molecular flexibility index (Phi) is 4.82. The molecular formula is C17H16O8. The number of aromatic carboxylic acids is 1. The third-order valence-electron chi connectivity index (χ3n) is 3.73. The number of fused-ring (bicyclic) bond motifs is 1. The second-order valence-electron chi connectivity index (χ2n) is 5.16. The van der Waals surface area contributed by atoms with E-state index < -0.39 is 35.0 Å². The molecule has 0 aliphatic heterocycles. The van der Waals surface area contributed by atoms with E-state index in [1.165, 1.54) is 13.0 Å². The Bertz CT molecular complexity index is 898. The van der Waals surface area contributed by atoms with Crippen LogP contribution in [0.15, 0.2) is 12.1 Å². The lowest BCUT2D eigenvalue weighted by atomic mass is 9.92. The second kappa shape index (κ2) is 6.68. The van der Waals surface area contributed by atoms with Gasteiger partial charge in [-0.3, -0.25) is 0 Å². The molecule has 0 heterocycles. The Morgan fingerprint density at radius 1 is 1.08 bits per heavy atom. The molecule has 0 radical (unpaired) electrons. The molecule has 2 rings (SSSR count). The quantitative estimate of drug-likeness (QED) is 0.717. The van der Waals surface area contributed by atoms with E-state index in [1.54, 1.807) is 6.92 Å². The molecule has 0 saturated carbocycles. The van der Waals surface area contributed by atoms with Crippen LogP contribution in [-0.2, 0) is 9.47 Å². The number of hydrogen-bond acceptors (Lipinski definition) is 7. The Hall–Kier alpha value is -3.29. The molecule has 0 aromatic heterocycles. The van der Waals surface area contributed by atoms with Crippen molar-refractivity contribution in [2.75, 3.05) is 13.7 Å². The fraction of sp³-hybridized carbons (Fsp3) is 0.235. The summed E-state index contributed by atoms with van der Waals surface area (Å²) in [6.07, 6.45) is 0. The molecule has 2 aromatic carbocycles. The van der Waals surface area contributed by atoms with Crippen LogP contribution in [0, 0.1) is 6.92 Å². The van der Waals surface area contributed by atoms with Gasteiger partial charge in [0.05, 0.1) is 30.2 Å². The number of carboxylic acids is 1. The van der Waals surface area contributed by atoms with Gasteiger partial charge in [0.15, 0.2) is 0 Å². The molecule has 0 spiro atoms. The molecule has 132 valence electrons. The zero-order valence-electron chi connectivity index (χ0n) is 13.7. The summed E-state index contributed by atoms with van der Waals surface area (Å²) in [7, 11) is 1.07. The normalized spacial score (nSPS) is 10.5. The summed E-state index contributed by atoms with van der Waals surface area (Å²) in [6, 6.07) is 2.36. The maximum Gasteiger partial charge on any atom is 0.340 e. The van der Waals surface area contributed by atoms with Crippen LogP contribution >= 0.6 is 0 Å². The van der Waals surface area contributed by atoms with Gasteiger partial charge in [0, 0.05) is 0 Å². The highest BCUT2D eigenvalue weighted by atomic mass is 16.5. The van der Waals surface area contributed by atoms with Crippen LogP contribution in [0.3, 0.4) is 0 Å². The maximum atomic E-state index is 12.0. The zero-order chi connectivity index (χ0) is 18.9. The van der Waals surface area contributed by atoms with Crippen molar-refractivity contribution in [2.24, 2.45) is 0 Å². The molecule has 0 unspecified atom stereocenters. The third kappa shape index (κ3) is 2.93. The predicted octanol–water partition coefficient (Wildman–Crippen LogP) is 2.22. The number of phenols is 2. The van der Waals surface area contributed by atoms with Crippen molar-refractivity contribution in [1.29, 1.82) is 0 Å². The number of aromatic hydroxyl groups is 2. The summed E-state index contributed by atoms with van der Waals surface area (Å²) in [5, 5.41) is 29.8. The molecule has 0 amide bonds. The molecule has 0 atom stereocenters. The largest absolute Gasteiger partial charge is 0.507 e. The molecule has 0 bridgehead atoms. The first kappa shape index (κ1) is 18.1. The highest BCUT2D eigenvalue weighted by Crippen LogP contribution is 2.41. The summed E-state index contributed by atoms with van der Waals surface area (Å²) < 4.78 is 9.46. The van der Waals surface area contributed by atoms with Gasteiger partial charge in [0.2, 0.25) is 0 Å². The number of carboxylic acid groups (broad SMARTS) is 1. The third-order valence-corrected chi connectivity index (χ3v) is 3.73. The van der Waals surface area contributed by atoms with Crippen LogP contribution in [0.5, 0.6) is 11.5 Å². The molecule has 0 aliphatic carbocycles. The minimum atomic E-state index is -1.56. The Balaban J connectivity index is 2.96. The fourth-order valence-electron chi connectivity index (χ4n) is 2.63. The number of carbonyl (C=O) groups is 3. The summed E-state index contributed by atoms with van der Waals surface area (Å²) in [5.74, 6) is -4.54. The van der Waals surface area contributed by atoms with E-state index in [4.69, 9.17) is 4.74 Å². The average Bonchev–Trinajstić information content (AvgIpc) is 2.56. The maximum absolute atomic E-state index is 12.0. The first-order valence-corrected chi connectivity index (χ1v) is 7.25. The van der Waals surface area contributed by atoms with E-state index >= 15 is 0 Å². The molecule has 0 saturated heterocycles. The van der Waals surface area contributed by atoms with Crippen molar-refractivity contribution in [3.8, 4) is 11.5 Å². The van der Waals surface area contributed by atoms with E-state index in [9.17, 15) is 29.7 Å². The minimum absolute atomic E-state index is 0.00626. The van der Waals surface area contributed by atoms with Crippen LogP contribution in [0.2, 0.25) is 0 Å². The number of esters is 2. The van der Waals surface area contributed by atoms with Crippen LogP contribution in [0.4, 0.5) is 0 Å². The monoisotopic (exact) mass is 348 g/mol. The lowest BCUT2D eigenvalue weighted by molar-refractivity contribution is 0.0525. The minimum Gasteiger partial charge on any atom is -0.507 e. The van der Waals surface area contributed by atoms with Crippen LogP contribution in [0.25, 0.3) is 10.8 Å². The Morgan fingerprint density at radius 2 is 1.72 bits per heavy atom. The molecule has 0 fully saturated rings. The summed E-state index contributed by atoms with van der Waals surface area (Å²) in [5.41, 5.74) is -0.914. The van der Waals surface area contributed by atoms with Gasteiger partial charge in [-0.15, -0.1) is 0 Å². The van der Waals surface area contributed by atoms with Crippen LogP contribution in [0.1, 0.15) is 43.6 Å². The van der Waals surface area contributed by atoms with Crippen molar-refractivity contribution in [3.05, 3.63) is 34.4 Å². The Morgan fingerprint density at radius 3 is 2.24 bits per heavy atom. The van der Waals surface area contributed by atoms with Crippen molar-refractivity contribution in [1.82, 2.24) is 0 Å². The van der Waals surface area contributed by atoms with Crippen molar-refractivity contribution >= 4 is 28.7 Å². The smallest absolute Gasteiger partial charge is 0.340 e. The fourth-order valence-corrected chi connectivity index (χ4v) is 2.63. The average molecular weight is 348 g/mol. The molecule has 3 N–H and O–H groups in total. The zero-order valence-corrected chi connectivity index (χ0v) is 13.7. The van der Waals surface area contributed by atoms with Gasteiger partial charge in [-0.2, -0.15) is 0 Å². The lowest BCUT2D eigenvalue weighted by Crippen LogP contribution is -2.13. The van der Waals surface area contributed by atoms with Crippen molar-refractivity contribution in [2.45, 2.75) is 13.8 Å². The topological polar surface area (TPSA) is 130 Å². The van der Waals surface area contributed by atoms with E-state index in [1.807, 2.05) is 0 Å². The number of carbonyl (C=O) groups excluding carboxylic acids is 2. The predicted molar refractivity (Wildman–Crippen MR) is 86.3 cm³/mol. The standard InChI is InChI=1S/C17H16O8/c1-4-25-16(22)8-5-9-7(2)11(17(23)24-3)13(15(20)21)14(19)12(9)10(18)6-8/h5-6,18-19H,4H2,1-3H3,(H,20,21). The lowest BCUT2D eigenvalue weighted by Gasteiger charge is -2.16. The van der Waals surface area contributed by atoms with Gasteiger partial charge in [-0.1, -0.05) is 0 Å². The SMILES string of the molecule is CCOC(=O)c1cc(O)c2c(O)c(C(=O)O)c(C(=O)OC)c(C)c2c1. The number of hydrogen-bond donors (Lipinski definition) is 3. The van der Waals surface area contributed by atoms with E-state index in [0.29, 0.717) is 0 Å². The van der Waals surface area contributed by atoms with Gasteiger partial charge in [-0.05, 0) is 36.9 Å². The number of ether oxygens (including phenoxy) is 2. The first-order chi connectivity index (χ1) is 11.7. The summed E-state index contributed by atoms with van der Waals surface area (Å²) in [6.45, 7) is 3.16. The summed E-state index contributed by atoms with van der Waals surface area (Å²) >= 11 is 0. The van der Waals surface area contributed by atoms with E-state index in [0.717, 1.165) is 13.2 Å². The van der Waals surface area contributed by atoms with Crippen molar-refractivity contribution in [3.63, 3.8) is 0 Å². The first-order valence-electron chi connectivity index (χ1n) is 7.25.